The van der Waals surface area contributed by atoms with E-state index >= 15 is 0 Å². The van der Waals surface area contributed by atoms with E-state index < -0.39 is 11.2 Å². The lowest BCUT2D eigenvalue weighted by Crippen LogP contribution is -2.12. The number of ether oxygens (including phenoxy) is 1. The number of carbonyl (C=O) groups excluding carboxylic acids is 2. The van der Waals surface area contributed by atoms with Crippen LogP contribution < -0.4 is 0 Å². The van der Waals surface area contributed by atoms with E-state index in [0.29, 0.717) is 17.9 Å². The first-order valence-corrected chi connectivity index (χ1v) is 8.10. The van der Waals surface area contributed by atoms with Crippen molar-refractivity contribution in [1.29, 1.82) is 0 Å². The predicted octanol–water partition coefficient (Wildman–Crippen LogP) is 5.29. The maximum atomic E-state index is 11.9. The third-order valence-electron chi connectivity index (χ3n) is 1.94. The van der Waals surface area contributed by atoms with Gasteiger partial charge >= 0.3 is 5.97 Å². The molecular weight excluding hydrogens is 523 g/mol. The number of carbonyl (C=O) groups is 2. The van der Waals surface area contributed by atoms with Gasteiger partial charge in [0.05, 0.1) is 17.7 Å². The van der Waals surface area contributed by atoms with Gasteiger partial charge < -0.3 is 4.74 Å². The van der Waals surface area contributed by atoms with Crippen molar-refractivity contribution in [2.75, 3.05) is 6.61 Å². The third kappa shape index (κ3) is 3.17. The maximum absolute atomic E-state index is 11.9. The van der Waals surface area contributed by atoms with E-state index in [-0.39, 0.29) is 17.7 Å². The predicted molar refractivity (Wildman–Crippen MR) is 83.4 cm³/mol. The number of rotatable bonds is 3. The highest BCUT2D eigenvalue weighted by molar-refractivity contribution is 9.15. The molecule has 98 valence electrons. The number of hydrogen-bond acceptors (Lipinski definition) is 3. The van der Waals surface area contributed by atoms with Gasteiger partial charge in [0.2, 0.25) is 0 Å². The van der Waals surface area contributed by atoms with Gasteiger partial charge in [0, 0.05) is 17.9 Å². The Kier molecular flexibility index (Phi) is 6.31. The molecule has 0 amide bonds. The van der Waals surface area contributed by atoms with Crippen LogP contribution in [0.2, 0.25) is 0 Å². The molecule has 0 N–H and O–H groups in total. The normalized spacial score (nSPS) is 10.3. The average Bonchev–Trinajstić information content (AvgIpc) is 2.30. The fraction of sp³-hybridized carbons (Fsp3) is 0.200. The highest BCUT2D eigenvalue weighted by atomic mass is 79.9. The van der Waals surface area contributed by atoms with Crippen LogP contribution in [0.15, 0.2) is 17.9 Å². The minimum atomic E-state index is -0.751. The van der Waals surface area contributed by atoms with Gasteiger partial charge in [0.1, 0.15) is 0 Å². The summed E-state index contributed by atoms with van der Waals surface area (Å²) in [5.74, 6) is -0.623. The number of hydrogen-bond donors (Lipinski definition) is 0. The monoisotopic (exact) mass is 524 g/mol. The van der Waals surface area contributed by atoms with Crippen LogP contribution in [0.3, 0.4) is 0 Å². The molecule has 1 aromatic rings. The van der Waals surface area contributed by atoms with Crippen molar-refractivity contribution in [2.24, 2.45) is 0 Å². The largest absolute Gasteiger partial charge is 0.462 e. The molecule has 0 bridgehead atoms. The van der Waals surface area contributed by atoms with Crippen molar-refractivity contribution in [3.8, 4) is 0 Å². The molecule has 1 rings (SSSR count). The second-order valence-corrected chi connectivity index (χ2v) is 6.52. The van der Waals surface area contributed by atoms with E-state index in [1.54, 1.807) is 6.92 Å². The van der Waals surface area contributed by atoms with Gasteiger partial charge in [0.25, 0.3) is 5.24 Å². The van der Waals surface area contributed by atoms with Crippen molar-refractivity contribution in [1.82, 2.24) is 0 Å². The van der Waals surface area contributed by atoms with Gasteiger partial charge in [-0.15, -0.1) is 0 Å². The first kappa shape index (κ1) is 16.6. The second-order valence-electron chi connectivity index (χ2n) is 3.00. The quantitative estimate of drug-likeness (QED) is 0.232. The maximum Gasteiger partial charge on any atom is 0.340 e. The smallest absolute Gasteiger partial charge is 0.340 e. The van der Waals surface area contributed by atoms with E-state index in [9.17, 15) is 9.59 Å². The van der Waals surface area contributed by atoms with Crippen LogP contribution in [-0.4, -0.2) is 17.8 Å². The van der Waals surface area contributed by atoms with Gasteiger partial charge in [-0.05, 0) is 82.2 Å². The van der Waals surface area contributed by atoms with E-state index in [1.807, 2.05) is 0 Å². The van der Waals surface area contributed by atoms with Gasteiger partial charge in [-0.3, -0.25) is 4.79 Å². The summed E-state index contributed by atoms with van der Waals surface area (Å²) in [6, 6.07) is 0. The molecule has 0 unspecified atom stereocenters. The Morgan fingerprint density at radius 1 is 1.00 bits per heavy atom. The lowest BCUT2D eigenvalue weighted by atomic mass is 10.1. The summed E-state index contributed by atoms with van der Waals surface area (Å²) in [6.07, 6.45) is 0. The average molecular weight is 528 g/mol. The van der Waals surface area contributed by atoms with E-state index in [0.717, 1.165) is 0 Å². The molecule has 0 saturated heterocycles. The Morgan fingerprint density at radius 3 is 1.83 bits per heavy atom. The minimum absolute atomic E-state index is 0.0528. The Balaban J connectivity index is 3.67. The lowest BCUT2D eigenvalue weighted by molar-refractivity contribution is 0.0522. The summed E-state index contributed by atoms with van der Waals surface area (Å²) in [7, 11) is 0. The zero-order valence-electron chi connectivity index (χ0n) is 8.82. The molecule has 1 aromatic carbocycles. The first-order chi connectivity index (χ1) is 8.32. The summed E-state index contributed by atoms with van der Waals surface area (Å²) < 4.78 is 6.86. The van der Waals surface area contributed by atoms with E-state index in [4.69, 9.17) is 16.3 Å². The van der Waals surface area contributed by atoms with Crippen molar-refractivity contribution in [3.05, 3.63) is 29.0 Å². The standard InChI is InChI=1S/C10H5Br4ClO3/c1-2-18-10(17)4-3(9(15)16)5(11)7(13)8(14)6(4)12/h2H2,1H3. The van der Waals surface area contributed by atoms with Crippen molar-refractivity contribution in [2.45, 2.75) is 6.92 Å². The zero-order valence-corrected chi connectivity index (χ0v) is 15.9. The number of halogens is 5. The van der Waals surface area contributed by atoms with Crippen LogP contribution in [0.1, 0.15) is 27.6 Å². The van der Waals surface area contributed by atoms with Crippen LogP contribution in [0.5, 0.6) is 0 Å². The molecule has 0 spiro atoms. The minimum Gasteiger partial charge on any atom is -0.462 e. The molecule has 0 aliphatic heterocycles. The summed E-state index contributed by atoms with van der Waals surface area (Å²) in [4.78, 5) is 23.4. The van der Waals surface area contributed by atoms with Gasteiger partial charge in [-0.2, -0.15) is 0 Å². The highest BCUT2D eigenvalue weighted by Crippen LogP contribution is 2.42. The lowest BCUT2D eigenvalue weighted by Gasteiger charge is -2.13. The van der Waals surface area contributed by atoms with Crippen LogP contribution >= 0.6 is 75.3 Å². The fourth-order valence-electron chi connectivity index (χ4n) is 1.21. The van der Waals surface area contributed by atoms with Crippen molar-refractivity contribution >= 4 is 86.5 Å². The number of benzene rings is 1. The molecule has 0 heterocycles. The van der Waals surface area contributed by atoms with Crippen LogP contribution in [-0.2, 0) is 4.74 Å². The highest BCUT2D eigenvalue weighted by Gasteiger charge is 2.27. The van der Waals surface area contributed by atoms with Crippen molar-refractivity contribution in [3.63, 3.8) is 0 Å². The summed E-state index contributed by atoms with van der Waals surface area (Å²) >= 11 is 18.6. The first-order valence-electron chi connectivity index (χ1n) is 4.55. The molecule has 0 aromatic heterocycles. The van der Waals surface area contributed by atoms with Gasteiger partial charge in [-0.25, -0.2) is 4.79 Å². The van der Waals surface area contributed by atoms with Crippen LogP contribution in [0.25, 0.3) is 0 Å². The summed E-state index contributed by atoms with van der Waals surface area (Å²) in [5, 5.41) is -0.751. The Morgan fingerprint density at radius 2 is 1.44 bits per heavy atom. The molecule has 8 heteroatoms. The van der Waals surface area contributed by atoms with E-state index in [2.05, 4.69) is 63.7 Å². The van der Waals surface area contributed by atoms with Gasteiger partial charge in [-0.1, -0.05) is 0 Å². The third-order valence-corrected chi connectivity index (χ3v) is 6.90. The molecule has 0 aliphatic rings. The molecule has 0 radical (unpaired) electrons. The molecule has 0 fully saturated rings. The fourth-order valence-corrected chi connectivity index (χ4v) is 3.97. The molecular formula is C10H5Br4ClO3. The molecule has 18 heavy (non-hydrogen) atoms. The van der Waals surface area contributed by atoms with Gasteiger partial charge in [0.15, 0.2) is 0 Å². The molecule has 0 atom stereocenters. The zero-order chi connectivity index (χ0) is 14.0. The summed E-state index contributed by atoms with van der Waals surface area (Å²) in [5.41, 5.74) is 0.135. The van der Waals surface area contributed by atoms with Crippen molar-refractivity contribution < 1.29 is 14.3 Å². The Bertz CT molecular complexity index is 531. The molecule has 0 aliphatic carbocycles. The number of esters is 1. The molecule has 3 nitrogen and oxygen atoms in total. The van der Waals surface area contributed by atoms with Crippen LogP contribution in [0, 0.1) is 0 Å². The Hall–Kier alpha value is 0.570. The van der Waals surface area contributed by atoms with Crippen LogP contribution in [0.4, 0.5) is 0 Å². The topological polar surface area (TPSA) is 43.4 Å². The van der Waals surface area contributed by atoms with E-state index in [1.165, 1.54) is 0 Å². The Labute approximate surface area is 142 Å². The summed E-state index contributed by atoms with van der Waals surface area (Å²) in [6.45, 7) is 1.88. The SMILES string of the molecule is CCOC(=O)c1c(Br)c(Br)c(Br)c(Br)c1C(=O)Cl. The second kappa shape index (κ2) is 6.83. The molecule has 0 saturated carbocycles.